The quantitative estimate of drug-likeness (QED) is 0.790. The fourth-order valence-electron chi connectivity index (χ4n) is 2.07. The van der Waals surface area contributed by atoms with Crippen molar-refractivity contribution in [1.29, 1.82) is 0 Å². The van der Waals surface area contributed by atoms with E-state index in [1.165, 1.54) is 12.0 Å². The molecule has 2 rings (SSSR count). The topological polar surface area (TPSA) is 29.9 Å². The summed E-state index contributed by atoms with van der Waals surface area (Å²) in [5, 5.41) is 3.45. The van der Waals surface area contributed by atoms with Gasteiger partial charge in [-0.15, -0.1) is 0 Å². The summed E-state index contributed by atoms with van der Waals surface area (Å²) in [5.41, 5.74) is 1.17. The first-order valence-corrected chi connectivity index (χ1v) is 6.62. The van der Waals surface area contributed by atoms with Crippen LogP contribution in [-0.4, -0.2) is 22.6 Å². The van der Waals surface area contributed by atoms with Gasteiger partial charge in [-0.2, -0.15) is 0 Å². The van der Waals surface area contributed by atoms with Crippen LogP contribution in [0.25, 0.3) is 11.4 Å². The molecule has 1 aromatic carbocycles. The van der Waals surface area contributed by atoms with Gasteiger partial charge in [-0.25, -0.2) is 4.98 Å². The number of hydrogen-bond donors (Lipinski definition) is 1. The molecule has 96 valence electrons. The van der Waals surface area contributed by atoms with Gasteiger partial charge in [0.15, 0.2) is 0 Å². The maximum absolute atomic E-state index is 4.47. The number of rotatable bonds is 6. The molecule has 1 aromatic heterocycles. The van der Waals surface area contributed by atoms with Gasteiger partial charge in [-0.3, -0.25) is 0 Å². The van der Waals surface area contributed by atoms with Gasteiger partial charge in [-0.05, 0) is 19.9 Å². The Balaban J connectivity index is 2.12. The summed E-state index contributed by atoms with van der Waals surface area (Å²) in [7, 11) is 0. The van der Waals surface area contributed by atoms with Crippen LogP contribution < -0.4 is 5.32 Å². The lowest BCUT2D eigenvalue weighted by Crippen LogP contribution is -2.24. The monoisotopic (exact) mass is 243 g/mol. The molecule has 0 amide bonds. The summed E-state index contributed by atoms with van der Waals surface area (Å²) in [6.07, 6.45) is 5.10. The molecule has 0 saturated carbocycles. The highest BCUT2D eigenvalue weighted by Crippen LogP contribution is 2.20. The molecular formula is C15H21N3. The number of aromatic nitrogens is 2. The zero-order chi connectivity index (χ0) is 12.8. The Bertz CT molecular complexity index is 462. The molecule has 18 heavy (non-hydrogen) atoms. The van der Waals surface area contributed by atoms with Crippen molar-refractivity contribution in [3.8, 4) is 11.4 Å². The Morgan fingerprint density at radius 2 is 2.06 bits per heavy atom. The third kappa shape index (κ3) is 2.99. The molecule has 1 N–H and O–H groups in total. The van der Waals surface area contributed by atoms with Crippen molar-refractivity contribution in [2.24, 2.45) is 0 Å². The molecule has 3 heteroatoms. The second-order valence-corrected chi connectivity index (χ2v) is 4.58. The second kappa shape index (κ2) is 6.36. The number of nitrogens with one attached hydrogen (secondary N) is 1. The Morgan fingerprint density at radius 1 is 1.28 bits per heavy atom. The normalized spacial score (nSPS) is 12.6. The summed E-state index contributed by atoms with van der Waals surface area (Å²) in [5.74, 6) is 1.04. The van der Waals surface area contributed by atoms with E-state index < -0.39 is 0 Å². The summed E-state index contributed by atoms with van der Waals surface area (Å²) in [4.78, 5) is 4.47. The second-order valence-electron chi connectivity index (χ2n) is 4.58. The average Bonchev–Trinajstić information content (AvgIpc) is 2.89. The van der Waals surface area contributed by atoms with Crippen LogP contribution in [0.3, 0.4) is 0 Å². The lowest BCUT2D eigenvalue weighted by molar-refractivity contribution is 0.497. The van der Waals surface area contributed by atoms with Gasteiger partial charge in [-0.1, -0.05) is 37.3 Å². The summed E-state index contributed by atoms with van der Waals surface area (Å²) in [6.45, 7) is 6.45. The molecule has 0 bridgehead atoms. The van der Waals surface area contributed by atoms with Crippen LogP contribution in [0.4, 0.5) is 0 Å². The van der Waals surface area contributed by atoms with Crippen LogP contribution in [0.15, 0.2) is 42.7 Å². The third-order valence-corrected chi connectivity index (χ3v) is 3.04. The third-order valence-electron chi connectivity index (χ3n) is 3.04. The molecule has 0 aliphatic carbocycles. The first-order valence-electron chi connectivity index (χ1n) is 6.62. The molecule has 2 aromatic rings. The molecule has 0 aliphatic heterocycles. The molecule has 1 atom stereocenters. The van der Waals surface area contributed by atoms with Gasteiger partial charge < -0.3 is 9.88 Å². The van der Waals surface area contributed by atoms with Crippen molar-refractivity contribution in [3.63, 3.8) is 0 Å². The molecule has 0 spiro atoms. The van der Waals surface area contributed by atoms with E-state index in [2.05, 4.69) is 47.0 Å². The van der Waals surface area contributed by atoms with E-state index in [1.807, 2.05) is 24.4 Å². The molecule has 0 aliphatic rings. The van der Waals surface area contributed by atoms with Gasteiger partial charge in [0.2, 0.25) is 0 Å². The zero-order valence-electron chi connectivity index (χ0n) is 11.1. The van der Waals surface area contributed by atoms with Gasteiger partial charge >= 0.3 is 0 Å². The van der Waals surface area contributed by atoms with Crippen molar-refractivity contribution in [2.75, 3.05) is 13.1 Å². The van der Waals surface area contributed by atoms with Crippen LogP contribution in [0.5, 0.6) is 0 Å². The number of nitrogens with zero attached hydrogens (tertiary/aromatic N) is 2. The van der Waals surface area contributed by atoms with Crippen LogP contribution in [0.2, 0.25) is 0 Å². The lowest BCUT2D eigenvalue weighted by atomic mass is 10.2. The van der Waals surface area contributed by atoms with Gasteiger partial charge in [0, 0.05) is 30.5 Å². The van der Waals surface area contributed by atoms with E-state index in [4.69, 9.17) is 0 Å². The summed E-state index contributed by atoms with van der Waals surface area (Å²) >= 11 is 0. The maximum Gasteiger partial charge on any atom is 0.140 e. The molecule has 1 heterocycles. The molecular weight excluding hydrogens is 222 g/mol. The van der Waals surface area contributed by atoms with Crippen molar-refractivity contribution < 1.29 is 0 Å². The highest BCUT2D eigenvalue weighted by molar-refractivity contribution is 5.55. The van der Waals surface area contributed by atoms with Crippen molar-refractivity contribution >= 4 is 0 Å². The predicted molar refractivity (Wildman–Crippen MR) is 75.5 cm³/mol. The first kappa shape index (κ1) is 12.8. The van der Waals surface area contributed by atoms with Crippen molar-refractivity contribution in [3.05, 3.63) is 42.7 Å². The molecule has 0 radical (unpaired) electrons. The van der Waals surface area contributed by atoms with E-state index >= 15 is 0 Å². The lowest BCUT2D eigenvalue weighted by Gasteiger charge is -2.17. The van der Waals surface area contributed by atoms with E-state index in [-0.39, 0.29) is 0 Å². The van der Waals surface area contributed by atoms with E-state index in [0.717, 1.165) is 18.9 Å². The van der Waals surface area contributed by atoms with Gasteiger partial charge in [0.05, 0.1) is 0 Å². The Labute approximate surface area is 109 Å². The number of hydrogen-bond acceptors (Lipinski definition) is 2. The summed E-state index contributed by atoms with van der Waals surface area (Å²) in [6, 6.07) is 10.7. The standard InChI is InChI=1S/C15H21N3/c1-3-9-16-12-13(2)18-11-10-17-15(18)14-7-5-4-6-8-14/h4-8,10-11,13,16H,3,9,12H2,1-2H3. The molecule has 1 unspecified atom stereocenters. The first-order chi connectivity index (χ1) is 8.83. The minimum absolute atomic E-state index is 0.411. The predicted octanol–water partition coefficient (Wildman–Crippen LogP) is 3.11. The van der Waals surface area contributed by atoms with Gasteiger partial charge in [0.1, 0.15) is 5.82 Å². The highest BCUT2D eigenvalue weighted by atomic mass is 15.1. The fourth-order valence-corrected chi connectivity index (χ4v) is 2.07. The van der Waals surface area contributed by atoms with Crippen LogP contribution >= 0.6 is 0 Å². The van der Waals surface area contributed by atoms with Crippen molar-refractivity contribution in [1.82, 2.24) is 14.9 Å². The smallest absolute Gasteiger partial charge is 0.140 e. The fraction of sp³-hybridized carbons (Fsp3) is 0.400. The van der Waals surface area contributed by atoms with E-state index in [1.54, 1.807) is 0 Å². The molecule has 0 saturated heterocycles. The SMILES string of the molecule is CCCNCC(C)n1ccnc1-c1ccccc1. The highest BCUT2D eigenvalue weighted by Gasteiger charge is 2.10. The minimum Gasteiger partial charge on any atom is -0.327 e. The average molecular weight is 243 g/mol. The van der Waals surface area contributed by atoms with Crippen molar-refractivity contribution in [2.45, 2.75) is 26.3 Å². The molecule has 0 fully saturated rings. The maximum atomic E-state index is 4.47. The Morgan fingerprint density at radius 3 is 2.78 bits per heavy atom. The van der Waals surface area contributed by atoms with Crippen LogP contribution in [0.1, 0.15) is 26.3 Å². The molecule has 3 nitrogen and oxygen atoms in total. The Kier molecular flexibility index (Phi) is 4.53. The van der Waals surface area contributed by atoms with Crippen LogP contribution in [-0.2, 0) is 0 Å². The van der Waals surface area contributed by atoms with Crippen LogP contribution in [0, 0.1) is 0 Å². The van der Waals surface area contributed by atoms with Gasteiger partial charge in [0.25, 0.3) is 0 Å². The Hall–Kier alpha value is -1.61. The van der Waals surface area contributed by atoms with E-state index in [9.17, 15) is 0 Å². The van der Waals surface area contributed by atoms with E-state index in [0.29, 0.717) is 6.04 Å². The number of imidazole rings is 1. The minimum atomic E-state index is 0.411. The largest absolute Gasteiger partial charge is 0.327 e. The zero-order valence-corrected chi connectivity index (χ0v) is 11.1. The summed E-state index contributed by atoms with van der Waals surface area (Å²) < 4.78 is 2.23. The number of benzene rings is 1.